The summed E-state index contributed by atoms with van der Waals surface area (Å²) in [6.45, 7) is 0. The first kappa shape index (κ1) is 10.3. The molecule has 0 amide bonds. The molecule has 0 radical (unpaired) electrons. The molecule has 1 N–H and O–H groups in total. The number of pyridine rings is 1. The van der Waals surface area contributed by atoms with E-state index in [1.54, 1.807) is 18.2 Å². The molecule has 80 valence electrons. The van der Waals surface area contributed by atoms with Crippen LogP contribution < -0.4 is 0 Å². The lowest BCUT2D eigenvalue weighted by Crippen LogP contribution is -1.99. The van der Waals surface area contributed by atoms with Crippen LogP contribution in [-0.4, -0.2) is 16.1 Å². The summed E-state index contributed by atoms with van der Waals surface area (Å²) in [5.41, 5.74) is 1.08. The highest BCUT2D eigenvalue weighted by Gasteiger charge is 2.11. The van der Waals surface area contributed by atoms with Crippen molar-refractivity contribution in [2.24, 2.45) is 0 Å². The predicted octanol–water partition coefficient (Wildman–Crippen LogP) is 2.59. The van der Waals surface area contributed by atoms with Crippen molar-refractivity contribution in [2.45, 2.75) is 0 Å². The zero-order chi connectivity index (χ0) is 11.5. The van der Waals surface area contributed by atoms with Crippen molar-refractivity contribution in [3.63, 3.8) is 0 Å². The number of nitrogens with zero attached hydrogens (tertiary/aromatic N) is 1. The molecule has 1 aromatic carbocycles. The molecule has 0 atom stereocenters. The van der Waals surface area contributed by atoms with Crippen molar-refractivity contribution in [2.75, 3.05) is 0 Å². The molecule has 2 rings (SSSR count). The summed E-state index contributed by atoms with van der Waals surface area (Å²) in [5, 5.41) is 8.98. The highest BCUT2D eigenvalue weighted by Crippen LogP contribution is 2.21. The van der Waals surface area contributed by atoms with Gasteiger partial charge in [0.25, 0.3) is 0 Å². The standard InChI is InChI=1S/C12H8FNO2/c13-8-5-6-11(14-7-8)9-3-1-2-4-10(9)12(15)16/h1-7H,(H,15,16). The molecule has 4 heteroatoms. The highest BCUT2D eigenvalue weighted by molar-refractivity contribution is 5.95. The monoisotopic (exact) mass is 217 g/mol. The molecule has 0 unspecified atom stereocenters. The van der Waals surface area contributed by atoms with E-state index >= 15 is 0 Å². The molecule has 0 spiro atoms. The Bertz CT molecular complexity index is 523. The van der Waals surface area contributed by atoms with E-state index in [1.807, 2.05) is 0 Å². The van der Waals surface area contributed by atoms with Crippen LogP contribution in [0.2, 0.25) is 0 Å². The number of hydrogen-bond donors (Lipinski definition) is 1. The van der Waals surface area contributed by atoms with Crippen LogP contribution in [0.5, 0.6) is 0 Å². The van der Waals surface area contributed by atoms with E-state index in [0.717, 1.165) is 6.20 Å². The molecule has 0 saturated carbocycles. The van der Waals surface area contributed by atoms with Crippen molar-refractivity contribution >= 4 is 5.97 Å². The van der Waals surface area contributed by atoms with Crippen molar-refractivity contribution < 1.29 is 14.3 Å². The van der Waals surface area contributed by atoms with Crippen molar-refractivity contribution in [1.29, 1.82) is 0 Å². The van der Waals surface area contributed by atoms with E-state index in [-0.39, 0.29) is 5.56 Å². The molecule has 2 aromatic rings. The third-order valence-electron chi connectivity index (χ3n) is 2.16. The van der Waals surface area contributed by atoms with Gasteiger partial charge in [-0.3, -0.25) is 4.98 Å². The van der Waals surface area contributed by atoms with Gasteiger partial charge in [-0.1, -0.05) is 18.2 Å². The number of halogens is 1. The van der Waals surface area contributed by atoms with Gasteiger partial charge in [-0.25, -0.2) is 9.18 Å². The fourth-order valence-electron chi connectivity index (χ4n) is 1.43. The van der Waals surface area contributed by atoms with Gasteiger partial charge in [0.1, 0.15) is 5.82 Å². The predicted molar refractivity (Wildman–Crippen MR) is 56.6 cm³/mol. The van der Waals surface area contributed by atoms with Crippen molar-refractivity contribution in [1.82, 2.24) is 4.98 Å². The fraction of sp³-hybridized carbons (Fsp3) is 0. The van der Waals surface area contributed by atoms with Crippen LogP contribution in [0, 0.1) is 5.82 Å². The Kier molecular flexibility index (Phi) is 2.64. The molecule has 1 heterocycles. The molecule has 0 aliphatic rings. The topological polar surface area (TPSA) is 50.2 Å². The van der Waals surface area contributed by atoms with Crippen molar-refractivity contribution in [3.05, 3.63) is 54.0 Å². The maximum absolute atomic E-state index is 12.7. The van der Waals surface area contributed by atoms with Crippen LogP contribution in [0.3, 0.4) is 0 Å². The molecule has 0 aliphatic carbocycles. The SMILES string of the molecule is O=C(O)c1ccccc1-c1ccc(F)cn1. The van der Waals surface area contributed by atoms with Gasteiger partial charge in [0.15, 0.2) is 0 Å². The highest BCUT2D eigenvalue weighted by atomic mass is 19.1. The van der Waals surface area contributed by atoms with Gasteiger partial charge >= 0.3 is 5.97 Å². The molecular formula is C12H8FNO2. The number of carboxylic acids is 1. The molecule has 0 saturated heterocycles. The first-order valence-electron chi connectivity index (χ1n) is 4.63. The van der Waals surface area contributed by atoms with Gasteiger partial charge in [-0.15, -0.1) is 0 Å². The Morgan fingerprint density at radius 3 is 2.56 bits per heavy atom. The van der Waals surface area contributed by atoms with E-state index < -0.39 is 11.8 Å². The average Bonchev–Trinajstić information content (AvgIpc) is 2.30. The Labute approximate surface area is 91.2 Å². The summed E-state index contributed by atoms with van der Waals surface area (Å²) in [6, 6.07) is 9.19. The lowest BCUT2D eigenvalue weighted by atomic mass is 10.0. The number of hydrogen-bond acceptors (Lipinski definition) is 2. The number of benzene rings is 1. The third-order valence-corrected chi connectivity index (χ3v) is 2.16. The molecule has 0 bridgehead atoms. The average molecular weight is 217 g/mol. The maximum atomic E-state index is 12.7. The minimum atomic E-state index is -1.03. The Morgan fingerprint density at radius 1 is 1.19 bits per heavy atom. The summed E-state index contributed by atoms with van der Waals surface area (Å²) in [5.74, 6) is -1.47. The number of aromatic nitrogens is 1. The molecule has 16 heavy (non-hydrogen) atoms. The zero-order valence-corrected chi connectivity index (χ0v) is 8.22. The number of carbonyl (C=O) groups is 1. The Morgan fingerprint density at radius 2 is 1.94 bits per heavy atom. The molecule has 1 aromatic heterocycles. The third kappa shape index (κ3) is 1.91. The van der Waals surface area contributed by atoms with Crippen molar-refractivity contribution in [3.8, 4) is 11.3 Å². The quantitative estimate of drug-likeness (QED) is 0.841. The van der Waals surface area contributed by atoms with E-state index in [0.29, 0.717) is 11.3 Å². The van der Waals surface area contributed by atoms with E-state index in [1.165, 1.54) is 18.2 Å². The lowest BCUT2D eigenvalue weighted by Gasteiger charge is -2.04. The van der Waals surface area contributed by atoms with E-state index in [9.17, 15) is 9.18 Å². The van der Waals surface area contributed by atoms with Gasteiger partial charge in [0, 0.05) is 5.56 Å². The van der Waals surface area contributed by atoms with Gasteiger partial charge in [-0.2, -0.15) is 0 Å². The van der Waals surface area contributed by atoms with Crippen LogP contribution in [-0.2, 0) is 0 Å². The summed E-state index contributed by atoms with van der Waals surface area (Å²) in [7, 11) is 0. The van der Waals surface area contributed by atoms with Crippen LogP contribution in [0.15, 0.2) is 42.6 Å². The fourth-order valence-corrected chi connectivity index (χ4v) is 1.43. The molecular weight excluding hydrogens is 209 g/mol. The van der Waals surface area contributed by atoms with Gasteiger partial charge in [0.2, 0.25) is 0 Å². The minimum absolute atomic E-state index is 0.154. The van der Waals surface area contributed by atoms with E-state index in [4.69, 9.17) is 5.11 Å². The summed E-state index contributed by atoms with van der Waals surface area (Å²) >= 11 is 0. The Hall–Kier alpha value is -2.23. The number of aromatic carboxylic acids is 1. The van der Waals surface area contributed by atoms with Crippen LogP contribution in [0.25, 0.3) is 11.3 Å². The van der Waals surface area contributed by atoms with Crippen LogP contribution in [0.1, 0.15) is 10.4 Å². The van der Waals surface area contributed by atoms with Gasteiger partial charge in [-0.05, 0) is 18.2 Å². The summed E-state index contributed by atoms with van der Waals surface area (Å²) in [6.07, 6.45) is 1.06. The first-order chi connectivity index (χ1) is 7.68. The second-order valence-corrected chi connectivity index (χ2v) is 3.21. The summed E-state index contributed by atoms with van der Waals surface area (Å²) in [4.78, 5) is 14.8. The Balaban J connectivity index is 2.55. The van der Waals surface area contributed by atoms with Gasteiger partial charge < -0.3 is 5.11 Å². The molecule has 0 fully saturated rings. The zero-order valence-electron chi connectivity index (χ0n) is 8.22. The van der Waals surface area contributed by atoms with Gasteiger partial charge in [0.05, 0.1) is 17.5 Å². The normalized spacial score (nSPS) is 10.1. The maximum Gasteiger partial charge on any atom is 0.336 e. The van der Waals surface area contributed by atoms with Crippen LogP contribution >= 0.6 is 0 Å². The second kappa shape index (κ2) is 4.10. The lowest BCUT2D eigenvalue weighted by molar-refractivity contribution is 0.0697. The molecule has 3 nitrogen and oxygen atoms in total. The number of carboxylic acid groups (broad SMARTS) is 1. The molecule has 0 aliphatic heterocycles. The van der Waals surface area contributed by atoms with Crippen LogP contribution in [0.4, 0.5) is 4.39 Å². The van der Waals surface area contributed by atoms with E-state index in [2.05, 4.69) is 4.98 Å². The first-order valence-corrected chi connectivity index (χ1v) is 4.63. The smallest absolute Gasteiger partial charge is 0.336 e. The number of rotatable bonds is 2. The second-order valence-electron chi connectivity index (χ2n) is 3.21. The largest absolute Gasteiger partial charge is 0.478 e. The minimum Gasteiger partial charge on any atom is -0.478 e. The summed E-state index contributed by atoms with van der Waals surface area (Å²) < 4.78 is 12.7.